The van der Waals surface area contributed by atoms with Gasteiger partial charge in [0.05, 0.1) is 0 Å². The highest BCUT2D eigenvalue weighted by molar-refractivity contribution is 5.37. The summed E-state index contributed by atoms with van der Waals surface area (Å²) in [6.45, 7) is 6.61. The molecular weight excluding hydrogens is 217 g/mol. The predicted molar refractivity (Wildman–Crippen MR) is 66.8 cm³/mol. The maximum atomic E-state index is 13.0. The molecule has 1 aromatic rings. The van der Waals surface area contributed by atoms with Crippen LogP contribution in [0.3, 0.4) is 0 Å². The van der Waals surface area contributed by atoms with Crippen molar-refractivity contribution in [1.29, 1.82) is 0 Å². The molecule has 1 heterocycles. The van der Waals surface area contributed by atoms with Gasteiger partial charge in [-0.1, -0.05) is 6.08 Å². The minimum Gasteiger partial charge on any atom is -0.488 e. The number of ether oxygens (including phenoxy) is 1. The van der Waals surface area contributed by atoms with Crippen LogP contribution in [0, 0.1) is 5.82 Å². The fourth-order valence-electron chi connectivity index (χ4n) is 2.07. The van der Waals surface area contributed by atoms with Gasteiger partial charge in [-0.2, -0.15) is 0 Å². The summed E-state index contributed by atoms with van der Waals surface area (Å²) in [5.74, 6) is 0.621. The molecule has 2 nitrogen and oxygen atoms in total. The number of hydrogen-bond donors (Lipinski definition) is 1. The number of halogens is 1. The molecule has 0 saturated heterocycles. The van der Waals surface area contributed by atoms with E-state index in [0.717, 1.165) is 30.7 Å². The second kappa shape index (κ2) is 5.32. The third-order valence-electron chi connectivity index (χ3n) is 2.98. The Labute approximate surface area is 101 Å². The van der Waals surface area contributed by atoms with Crippen LogP contribution >= 0.6 is 0 Å². The molecular formula is C14H18FNO. The highest BCUT2D eigenvalue weighted by Gasteiger charge is 2.23. The minimum absolute atomic E-state index is 0.110. The van der Waals surface area contributed by atoms with Gasteiger partial charge in [-0.3, -0.25) is 0 Å². The van der Waals surface area contributed by atoms with Gasteiger partial charge in [0.25, 0.3) is 0 Å². The van der Waals surface area contributed by atoms with Crippen LogP contribution in [0.15, 0.2) is 30.9 Å². The monoisotopic (exact) mass is 235 g/mol. The summed E-state index contributed by atoms with van der Waals surface area (Å²) in [5, 5.41) is 3.38. The van der Waals surface area contributed by atoms with Crippen molar-refractivity contribution in [3.63, 3.8) is 0 Å². The Bertz CT molecular complexity index is 405. The van der Waals surface area contributed by atoms with E-state index in [1.54, 1.807) is 12.1 Å². The summed E-state index contributed by atoms with van der Waals surface area (Å²) >= 11 is 0. The number of benzene rings is 1. The van der Waals surface area contributed by atoms with Crippen LogP contribution in [0.4, 0.5) is 4.39 Å². The second-order valence-electron chi connectivity index (χ2n) is 4.53. The average Bonchev–Trinajstić information content (AvgIpc) is 2.68. The molecule has 0 aliphatic carbocycles. The van der Waals surface area contributed by atoms with E-state index in [-0.39, 0.29) is 11.9 Å². The normalized spacial score (nSPS) is 19.5. The Morgan fingerprint density at radius 3 is 3.24 bits per heavy atom. The van der Waals surface area contributed by atoms with E-state index < -0.39 is 0 Å². The van der Waals surface area contributed by atoms with E-state index in [9.17, 15) is 4.39 Å². The SMILES string of the molecule is C=CCC(C)NCC1Cc2cc(F)ccc2O1. The van der Waals surface area contributed by atoms with E-state index in [1.165, 1.54) is 6.07 Å². The van der Waals surface area contributed by atoms with E-state index in [4.69, 9.17) is 4.74 Å². The Morgan fingerprint density at radius 1 is 1.65 bits per heavy atom. The van der Waals surface area contributed by atoms with Crippen LogP contribution in [-0.4, -0.2) is 18.7 Å². The molecule has 0 fully saturated rings. The molecule has 0 radical (unpaired) electrons. The second-order valence-corrected chi connectivity index (χ2v) is 4.53. The zero-order valence-electron chi connectivity index (χ0n) is 10.1. The van der Waals surface area contributed by atoms with Crippen LogP contribution in [0.5, 0.6) is 5.75 Å². The van der Waals surface area contributed by atoms with Crippen molar-refractivity contribution in [2.75, 3.05) is 6.54 Å². The Kier molecular flexibility index (Phi) is 3.79. The molecule has 0 aromatic heterocycles. The summed E-state index contributed by atoms with van der Waals surface area (Å²) in [5.41, 5.74) is 0.966. The van der Waals surface area contributed by atoms with Gasteiger partial charge in [0.2, 0.25) is 0 Å². The van der Waals surface area contributed by atoms with Gasteiger partial charge < -0.3 is 10.1 Å². The molecule has 2 rings (SSSR count). The maximum absolute atomic E-state index is 13.0. The van der Waals surface area contributed by atoms with Crippen molar-refractivity contribution in [2.45, 2.75) is 31.9 Å². The van der Waals surface area contributed by atoms with Crippen molar-refractivity contribution in [2.24, 2.45) is 0 Å². The first kappa shape index (κ1) is 12.1. The third-order valence-corrected chi connectivity index (χ3v) is 2.98. The molecule has 3 heteroatoms. The summed E-state index contributed by atoms with van der Waals surface area (Å²) in [6.07, 6.45) is 3.73. The van der Waals surface area contributed by atoms with Crippen molar-refractivity contribution >= 4 is 0 Å². The summed E-state index contributed by atoms with van der Waals surface area (Å²) in [4.78, 5) is 0. The Hall–Kier alpha value is -1.35. The molecule has 0 bridgehead atoms. The first-order chi connectivity index (χ1) is 8.19. The molecule has 2 unspecified atom stereocenters. The minimum atomic E-state index is -0.194. The van der Waals surface area contributed by atoms with Gasteiger partial charge in [0.1, 0.15) is 17.7 Å². The van der Waals surface area contributed by atoms with Gasteiger partial charge in [-0.15, -0.1) is 6.58 Å². The fourth-order valence-corrected chi connectivity index (χ4v) is 2.07. The average molecular weight is 235 g/mol. The lowest BCUT2D eigenvalue weighted by molar-refractivity contribution is 0.222. The van der Waals surface area contributed by atoms with E-state index in [1.807, 2.05) is 6.08 Å². The molecule has 1 N–H and O–H groups in total. The first-order valence-corrected chi connectivity index (χ1v) is 5.98. The van der Waals surface area contributed by atoms with E-state index in [2.05, 4.69) is 18.8 Å². The van der Waals surface area contributed by atoms with Gasteiger partial charge >= 0.3 is 0 Å². The quantitative estimate of drug-likeness (QED) is 0.792. The number of fused-ring (bicyclic) bond motifs is 1. The van der Waals surface area contributed by atoms with Gasteiger partial charge in [0, 0.05) is 24.6 Å². The van der Waals surface area contributed by atoms with Gasteiger partial charge in [-0.05, 0) is 31.5 Å². The molecule has 2 atom stereocenters. The largest absolute Gasteiger partial charge is 0.488 e. The smallest absolute Gasteiger partial charge is 0.123 e. The standard InChI is InChI=1S/C14H18FNO/c1-3-4-10(2)16-9-13-8-11-7-12(15)5-6-14(11)17-13/h3,5-7,10,13,16H,1,4,8-9H2,2H3. The van der Waals surface area contributed by atoms with E-state index >= 15 is 0 Å². The third kappa shape index (κ3) is 3.07. The van der Waals surface area contributed by atoms with Crippen LogP contribution in [0.2, 0.25) is 0 Å². The van der Waals surface area contributed by atoms with Crippen LogP contribution in [0.1, 0.15) is 18.9 Å². The van der Waals surface area contributed by atoms with Crippen molar-refractivity contribution in [1.82, 2.24) is 5.32 Å². The summed E-state index contributed by atoms with van der Waals surface area (Å²) < 4.78 is 18.8. The lowest BCUT2D eigenvalue weighted by Gasteiger charge is -2.15. The van der Waals surface area contributed by atoms with E-state index in [0.29, 0.717) is 6.04 Å². The van der Waals surface area contributed by atoms with Crippen LogP contribution < -0.4 is 10.1 Å². The molecule has 0 spiro atoms. The number of nitrogens with one attached hydrogen (secondary N) is 1. The summed E-state index contributed by atoms with van der Waals surface area (Å²) in [6, 6.07) is 5.10. The number of rotatable bonds is 5. The predicted octanol–water partition coefficient (Wildman–Crippen LogP) is 2.68. The molecule has 92 valence electrons. The highest BCUT2D eigenvalue weighted by atomic mass is 19.1. The zero-order chi connectivity index (χ0) is 12.3. The molecule has 0 amide bonds. The molecule has 0 saturated carbocycles. The maximum Gasteiger partial charge on any atom is 0.123 e. The Balaban J connectivity index is 1.86. The lowest BCUT2D eigenvalue weighted by Crippen LogP contribution is -2.35. The van der Waals surface area contributed by atoms with Crippen LogP contribution in [-0.2, 0) is 6.42 Å². The van der Waals surface area contributed by atoms with Crippen molar-refractivity contribution < 1.29 is 9.13 Å². The van der Waals surface area contributed by atoms with Crippen LogP contribution in [0.25, 0.3) is 0 Å². The summed E-state index contributed by atoms with van der Waals surface area (Å²) in [7, 11) is 0. The highest BCUT2D eigenvalue weighted by Crippen LogP contribution is 2.28. The molecule has 1 aliphatic rings. The first-order valence-electron chi connectivity index (χ1n) is 5.98. The molecule has 17 heavy (non-hydrogen) atoms. The fraction of sp³-hybridized carbons (Fsp3) is 0.429. The lowest BCUT2D eigenvalue weighted by atomic mass is 10.1. The van der Waals surface area contributed by atoms with Gasteiger partial charge in [-0.25, -0.2) is 4.39 Å². The van der Waals surface area contributed by atoms with Crippen molar-refractivity contribution in [3.8, 4) is 5.75 Å². The zero-order valence-corrected chi connectivity index (χ0v) is 10.1. The molecule has 1 aromatic carbocycles. The van der Waals surface area contributed by atoms with Crippen molar-refractivity contribution in [3.05, 3.63) is 42.2 Å². The Morgan fingerprint density at radius 2 is 2.47 bits per heavy atom. The molecule has 1 aliphatic heterocycles. The topological polar surface area (TPSA) is 21.3 Å². The number of hydrogen-bond acceptors (Lipinski definition) is 2. The van der Waals surface area contributed by atoms with Gasteiger partial charge in [0.15, 0.2) is 0 Å².